The van der Waals surface area contributed by atoms with E-state index in [1.165, 1.54) is 59.7 Å². The van der Waals surface area contributed by atoms with E-state index in [1.54, 1.807) is 54.6 Å². The molecule has 84 heavy (non-hydrogen) atoms. The summed E-state index contributed by atoms with van der Waals surface area (Å²) in [6.07, 6.45) is 13.1. The van der Waals surface area contributed by atoms with Crippen LogP contribution in [-0.4, -0.2) is 82.6 Å². The monoisotopic (exact) mass is 1180 g/mol. The maximum Gasteiger partial charge on any atom is 0.294 e. The molecule has 0 radical (unpaired) electrons. The number of aliphatic hydroxyl groups is 1. The number of ether oxygens (including phenoxy) is 1. The van der Waals surface area contributed by atoms with E-state index in [4.69, 9.17) is 14.7 Å². The molecule has 3 aromatic heterocycles. The molecule has 8 bridgehead atoms. The minimum Gasteiger partial charge on any atom is -0.484 e. The molecule has 2 saturated carbocycles. The topological polar surface area (TPSA) is 279 Å². The molecule has 2 aliphatic heterocycles. The van der Waals surface area contributed by atoms with Gasteiger partial charge in [0.2, 0.25) is 0 Å². The second kappa shape index (κ2) is 20.8. The number of benzene rings is 5. The molecule has 1 unspecified atom stereocenters. The van der Waals surface area contributed by atoms with Crippen molar-refractivity contribution in [1.29, 1.82) is 0 Å². The van der Waals surface area contributed by atoms with Crippen molar-refractivity contribution in [2.75, 3.05) is 11.9 Å². The summed E-state index contributed by atoms with van der Waals surface area (Å²) in [6.45, 7) is 2.06. The SMILES string of the molecule is C[C@]12CC[C@@H]3c4ccc(OCC(=O)Nc5ccc(-c6c7nc(c(-c8ccc(S(=O)(=O)O)cc8)c8ccc([nH]8)c(-c8ccc(S(=O)(=O)O)cc8)c8nc(c(-c9ccc(S(=O)(=O)O)cc9)c9ccc6[nH]9)C=C8)C=C7)cc5)cc4CC[C@H]3[C@@H]1CCC2O. The quantitative estimate of drug-likeness (QED) is 0.0593. The highest BCUT2D eigenvalue weighted by Gasteiger charge is 2.54. The lowest BCUT2D eigenvalue weighted by atomic mass is 9.55. The number of nitrogens with one attached hydrogen (secondary N) is 3. The van der Waals surface area contributed by atoms with Crippen molar-refractivity contribution in [3.8, 4) is 50.3 Å². The third kappa shape index (κ3) is 10.2. The number of fused-ring (bicyclic) bond motifs is 13. The molecular formula is C64H55N5O12S3. The first-order valence-corrected chi connectivity index (χ1v) is 31.7. The van der Waals surface area contributed by atoms with Crippen molar-refractivity contribution in [2.45, 2.75) is 72.2 Å². The van der Waals surface area contributed by atoms with Gasteiger partial charge in [-0.3, -0.25) is 18.5 Å². The van der Waals surface area contributed by atoms with Gasteiger partial charge in [-0.25, -0.2) is 9.97 Å². The first-order chi connectivity index (χ1) is 40.2. The predicted molar refractivity (Wildman–Crippen MR) is 321 cm³/mol. The molecule has 2 fully saturated rings. The van der Waals surface area contributed by atoms with Crippen LogP contribution < -0.4 is 10.1 Å². The van der Waals surface area contributed by atoms with E-state index in [1.807, 2.05) is 48.6 Å². The van der Waals surface area contributed by atoms with Gasteiger partial charge < -0.3 is 25.1 Å². The number of amides is 1. The lowest BCUT2D eigenvalue weighted by molar-refractivity contribution is -0.118. The zero-order valence-corrected chi connectivity index (χ0v) is 47.5. The number of aryl methyl sites for hydroxylation is 1. The number of aromatic nitrogens is 4. The number of H-pyrrole nitrogens is 2. The molecule has 17 nitrogen and oxygen atoms in total. The Morgan fingerprint density at radius 1 is 0.560 bits per heavy atom. The van der Waals surface area contributed by atoms with Crippen molar-refractivity contribution in [1.82, 2.24) is 19.9 Å². The number of hydrogen-bond acceptors (Lipinski definition) is 11. The molecule has 3 aliphatic carbocycles. The Morgan fingerprint density at radius 3 is 1.39 bits per heavy atom. The van der Waals surface area contributed by atoms with E-state index in [-0.39, 0.29) is 38.7 Å². The van der Waals surface area contributed by atoms with Crippen molar-refractivity contribution < 1.29 is 53.5 Å². The Balaban J connectivity index is 0.906. The third-order valence-electron chi connectivity index (χ3n) is 17.6. The number of carbonyl (C=O) groups is 1. The van der Waals surface area contributed by atoms with Crippen LogP contribution in [0, 0.1) is 17.3 Å². The third-order valence-corrected chi connectivity index (χ3v) is 20.2. The molecule has 0 spiro atoms. The molecule has 0 saturated heterocycles. The van der Waals surface area contributed by atoms with E-state index in [9.17, 15) is 48.8 Å². The van der Waals surface area contributed by atoms with Crippen molar-refractivity contribution in [2.24, 2.45) is 17.3 Å². The van der Waals surface area contributed by atoms with E-state index in [2.05, 4.69) is 34.3 Å². The van der Waals surface area contributed by atoms with E-state index in [0.29, 0.717) is 119 Å². The fourth-order valence-corrected chi connectivity index (χ4v) is 14.9. The maximum absolute atomic E-state index is 13.5. The molecule has 13 rings (SSSR count). The summed E-state index contributed by atoms with van der Waals surface area (Å²) in [5.74, 6) is 1.84. The summed E-state index contributed by atoms with van der Waals surface area (Å²) >= 11 is 0. The highest BCUT2D eigenvalue weighted by atomic mass is 32.2. The van der Waals surface area contributed by atoms with Crippen LogP contribution in [0.4, 0.5) is 5.69 Å². The van der Waals surface area contributed by atoms with Crippen LogP contribution in [0.3, 0.4) is 0 Å². The lowest BCUT2D eigenvalue weighted by Gasteiger charge is -2.50. The predicted octanol–water partition coefficient (Wildman–Crippen LogP) is 12.3. The largest absolute Gasteiger partial charge is 0.484 e. The van der Waals surface area contributed by atoms with Crippen LogP contribution in [0.5, 0.6) is 5.75 Å². The van der Waals surface area contributed by atoms with Crippen LogP contribution in [0.25, 0.3) is 90.9 Å². The van der Waals surface area contributed by atoms with Gasteiger partial charge in [-0.2, -0.15) is 25.3 Å². The summed E-state index contributed by atoms with van der Waals surface area (Å²) < 4.78 is 109. The van der Waals surface area contributed by atoms with Crippen LogP contribution in [0.1, 0.15) is 78.8 Å². The number of carbonyl (C=O) groups excluding carboxylic acids is 1. The molecule has 7 N–H and O–H groups in total. The Labute approximate surface area is 484 Å². The Kier molecular flexibility index (Phi) is 13.6. The highest BCUT2D eigenvalue weighted by Crippen LogP contribution is 2.61. The number of nitrogens with zero attached hydrogens (tertiary/aromatic N) is 2. The minimum absolute atomic E-state index is 0.00189. The van der Waals surface area contributed by atoms with Gasteiger partial charge in [0.25, 0.3) is 36.3 Å². The fourth-order valence-electron chi connectivity index (χ4n) is 13.5. The van der Waals surface area contributed by atoms with Crippen LogP contribution in [-0.2, 0) is 41.6 Å². The van der Waals surface area contributed by atoms with Crippen molar-refractivity contribution in [3.05, 3.63) is 173 Å². The Bertz CT molecular complexity index is 4540. The molecule has 8 aromatic rings. The molecule has 20 heteroatoms. The van der Waals surface area contributed by atoms with Gasteiger partial charge in [-0.15, -0.1) is 0 Å². The second-order valence-corrected chi connectivity index (χ2v) is 26.6. The Morgan fingerprint density at radius 2 is 0.976 bits per heavy atom. The summed E-state index contributed by atoms with van der Waals surface area (Å²) in [5.41, 5.74) is 11.7. The molecular weight excluding hydrogens is 1130 g/mol. The van der Waals surface area contributed by atoms with Gasteiger partial charge in [0.1, 0.15) is 5.75 Å². The number of aliphatic hydroxyl groups excluding tert-OH is 1. The standard InChI is InChI=1S/C64H55N5O12S3/c1-64-33-32-47-46-21-13-42(34-40(46)10-20-48(47)49(64)22-31-58(64)70)81-35-59(71)65-41-11-2-36(3-12-41)60-50-23-25-52(66-50)61(37-4-14-43(15-5-37)82(72,73)74)54-27-29-56(68-54)63(39-8-18-45(19-9-39)84(78,79)80)57-30-28-55(69-57)62(53-26-24-51(60)67-53)38-6-16-44(17-7-38)83(75,76)77/h2-9,11-19,21,23-30,34,47-49,58,66,69-70H,10,20,22,31-33,35H2,1H3,(H,65,71)(H,72,73,74)(H,75,76,77)(H,78,79,80)/t47-,48-,49+,58?,64+/m1/s1. The lowest BCUT2D eigenvalue weighted by Crippen LogP contribution is -2.43. The molecule has 5 heterocycles. The Hall–Kier alpha value is -8.34. The number of anilines is 1. The van der Waals surface area contributed by atoms with E-state index < -0.39 is 30.4 Å². The van der Waals surface area contributed by atoms with Crippen LogP contribution in [0.15, 0.2) is 154 Å². The van der Waals surface area contributed by atoms with Crippen molar-refractivity contribution in [3.63, 3.8) is 0 Å². The molecule has 1 amide bonds. The molecule has 5 atom stereocenters. The smallest absolute Gasteiger partial charge is 0.294 e. The minimum atomic E-state index is -4.55. The average Bonchev–Trinajstić information content (AvgIpc) is 1.90. The zero-order chi connectivity index (χ0) is 58.5. The van der Waals surface area contributed by atoms with Gasteiger partial charge in [-0.05, 0) is 204 Å². The van der Waals surface area contributed by atoms with Crippen LogP contribution in [0.2, 0.25) is 0 Å². The van der Waals surface area contributed by atoms with Gasteiger partial charge >= 0.3 is 0 Å². The number of rotatable bonds is 11. The van der Waals surface area contributed by atoms with Gasteiger partial charge in [0, 0.05) is 50.0 Å². The summed E-state index contributed by atoms with van der Waals surface area (Å²) in [4.78, 5) is 30.1. The first kappa shape index (κ1) is 54.9. The number of hydrogen-bond donors (Lipinski definition) is 7. The summed E-state index contributed by atoms with van der Waals surface area (Å²) in [5, 5.41) is 13.8. The van der Waals surface area contributed by atoms with Gasteiger partial charge in [0.05, 0.1) is 43.6 Å². The molecule has 5 aromatic carbocycles. The fraction of sp³-hybridized carbons (Fsp3) is 0.203. The van der Waals surface area contributed by atoms with Gasteiger partial charge in [0.15, 0.2) is 6.61 Å². The normalized spacial score (nSPS) is 20.0. The summed E-state index contributed by atoms with van der Waals surface area (Å²) in [7, 11) is -13.7. The highest BCUT2D eigenvalue weighted by molar-refractivity contribution is 7.86. The van der Waals surface area contributed by atoms with Crippen LogP contribution >= 0.6 is 0 Å². The van der Waals surface area contributed by atoms with Gasteiger partial charge in [-0.1, -0.05) is 61.5 Å². The first-order valence-electron chi connectivity index (χ1n) is 27.4. The van der Waals surface area contributed by atoms with E-state index in [0.717, 1.165) is 38.5 Å². The summed E-state index contributed by atoms with van der Waals surface area (Å²) in [6, 6.07) is 37.8. The maximum atomic E-state index is 13.5. The number of aromatic amines is 2. The molecule has 5 aliphatic rings. The zero-order valence-electron chi connectivity index (χ0n) is 45.0. The molecule has 426 valence electrons. The average molecular weight is 1180 g/mol. The van der Waals surface area contributed by atoms with E-state index >= 15 is 0 Å². The second-order valence-electron chi connectivity index (χ2n) is 22.3. The van der Waals surface area contributed by atoms with Crippen molar-refractivity contribution >= 4 is 88.3 Å².